The highest BCUT2D eigenvalue weighted by Crippen LogP contribution is 2.42. The minimum Gasteiger partial charge on any atom is -0.0636 e. The maximum atomic E-state index is 2.42. The van der Waals surface area contributed by atoms with E-state index in [-0.39, 0.29) is 0 Å². The zero-order valence-electron chi connectivity index (χ0n) is 17.9. The third-order valence-electron chi connectivity index (χ3n) is 6.95. The molecule has 0 bridgehead atoms. The molecule has 0 aliphatic heterocycles. The van der Waals surface area contributed by atoms with E-state index in [1.807, 2.05) is 0 Å². The summed E-state index contributed by atoms with van der Waals surface area (Å²) in [6.07, 6.45) is 0. The van der Waals surface area contributed by atoms with Gasteiger partial charge in [-0.15, -0.1) is 0 Å². The Morgan fingerprint density at radius 2 is 1.07 bits per heavy atom. The molecular formula is C28H30Si. The van der Waals surface area contributed by atoms with Gasteiger partial charge < -0.3 is 0 Å². The molecule has 0 saturated carbocycles. The van der Waals surface area contributed by atoms with E-state index in [0.717, 1.165) is 6.04 Å². The van der Waals surface area contributed by atoms with Crippen LogP contribution in [0.4, 0.5) is 0 Å². The summed E-state index contributed by atoms with van der Waals surface area (Å²) in [7, 11) is -2.23. The van der Waals surface area contributed by atoms with E-state index in [2.05, 4.69) is 119 Å². The first-order chi connectivity index (χ1) is 14.1. The first-order valence-corrected chi connectivity index (χ1v) is 12.8. The fourth-order valence-electron chi connectivity index (χ4n) is 5.18. The van der Waals surface area contributed by atoms with Crippen LogP contribution in [-0.4, -0.2) is 8.07 Å². The van der Waals surface area contributed by atoms with Gasteiger partial charge in [-0.05, 0) is 54.2 Å². The second-order valence-corrected chi connectivity index (χ2v) is 12.2. The molecule has 0 N–H and O–H groups in total. The smallest absolute Gasteiger partial charge is 0.0636 e. The van der Waals surface area contributed by atoms with Crippen molar-refractivity contribution in [1.29, 1.82) is 0 Å². The molecule has 0 spiro atoms. The third kappa shape index (κ3) is 3.34. The van der Waals surface area contributed by atoms with Crippen molar-refractivity contribution in [2.75, 3.05) is 0 Å². The van der Waals surface area contributed by atoms with E-state index >= 15 is 0 Å². The number of hydrogen-bond acceptors (Lipinski definition) is 0. The molecule has 4 rings (SSSR count). The predicted octanol–water partition coefficient (Wildman–Crippen LogP) is 5.87. The summed E-state index contributed by atoms with van der Waals surface area (Å²) >= 11 is 0. The molecule has 0 saturated heterocycles. The topological polar surface area (TPSA) is 0 Å². The second-order valence-electron chi connectivity index (χ2n) is 8.37. The van der Waals surface area contributed by atoms with Crippen LogP contribution in [0.1, 0.15) is 33.3 Å². The van der Waals surface area contributed by atoms with Gasteiger partial charge in [-0.25, -0.2) is 0 Å². The van der Waals surface area contributed by atoms with Gasteiger partial charge in [-0.1, -0.05) is 114 Å². The van der Waals surface area contributed by atoms with E-state index in [9.17, 15) is 0 Å². The van der Waals surface area contributed by atoms with E-state index in [1.165, 1.54) is 32.7 Å². The highest BCUT2D eigenvalue weighted by atomic mass is 28.3. The largest absolute Gasteiger partial charge is 0.149 e. The van der Waals surface area contributed by atoms with Crippen molar-refractivity contribution in [3.63, 3.8) is 0 Å². The number of rotatable bonds is 5. The lowest BCUT2D eigenvalue weighted by atomic mass is 10.1. The predicted molar refractivity (Wildman–Crippen MR) is 128 cm³/mol. The molecule has 1 heteroatoms. The van der Waals surface area contributed by atoms with Crippen LogP contribution >= 0.6 is 0 Å². The van der Waals surface area contributed by atoms with Crippen LogP contribution in [0.5, 0.6) is 0 Å². The van der Waals surface area contributed by atoms with Crippen molar-refractivity contribution >= 4 is 18.4 Å². The molecule has 0 fully saturated rings. The van der Waals surface area contributed by atoms with Crippen LogP contribution in [0.3, 0.4) is 0 Å². The van der Waals surface area contributed by atoms with Crippen molar-refractivity contribution < 1.29 is 0 Å². The van der Waals surface area contributed by atoms with Gasteiger partial charge >= 0.3 is 0 Å². The monoisotopic (exact) mass is 394 g/mol. The quantitative estimate of drug-likeness (QED) is 0.475. The van der Waals surface area contributed by atoms with Crippen LogP contribution < -0.4 is 10.4 Å². The third-order valence-corrected chi connectivity index (χ3v) is 12.2. The molecule has 1 atom stereocenters. The van der Waals surface area contributed by atoms with Crippen molar-refractivity contribution in [2.24, 2.45) is 5.92 Å². The Balaban J connectivity index is 2.05. The molecule has 0 amide bonds. The number of benzene rings is 3. The maximum absolute atomic E-state index is 2.42. The molecule has 3 aromatic rings. The lowest BCUT2D eigenvalue weighted by Crippen LogP contribution is -2.63. The lowest BCUT2D eigenvalue weighted by molar-refractivity contribution is 0.848. The molecule has 1 unspecified atom stereocenters. The number of hydrogen-bond donors (Lipinski definition) is 0. The van der Waals surface area contributed by atoms with Gasteiger partial charge in [0.05, 0.1) is 0 Å². The molecular weight excluding hydrogens is 364 g/mol. The Labute approximate surface area is 176 Å². The summed E-state index contributed by atoms with van der Waals surface area (Å²) in [5.74, 6) is 0.491. The van der Waals surface area contributed by atoms with E-state index in [0.29, 0.717) is 5.92 Å². The molecule has 0 aromatic heterocycles. The van der Waals surface area contributed by atoms with Gasteiger partial charge in [0, 0.05) is 0 Å². The van der Waals surface area contributed by atoms with Crippen LogP contribution in [0.2, 0.25) is 0 Å². The SMILES string of the molecule is CC1=C(C)C(C)C([Si](Cc2ccccc2)(c2ccccc2)c2ccccc2)=C1C. The first-order valence-electron chi connectivity index (χ1n) is 10.6. The van der Waals surface area contributed by atoms with Crippen molar-refractivity contribution in [1.82, 2.24) is 0 Å². The van der Waals surface area contributed by atoms with Gasteiger partial charge in [-0.3, -0.25) is 0 Å². The minimum absolute atomic E-state index is 0.491. The van der Waals surface area contributed by atoms with E-state index in [1.54, 1.807) is 5.20 Å². The second kappa shape index (κ2) is 8.00. The van der Waals surface area contributed by atoms with E-state index in [4.69, 9.17) is 0 Å². The fourth-order valence-corrected chi connectivity index (χ4v) is 10.9. The van der Waals surface area contributed by atoms with Gasteiger partial charge in [0.2, 0.25) is 0 Å². The highest BCUT2D eigenvalue weighted by molar-refractivity contribution is 7.07. The average molecular weight is 395 g/mol. The average Bonchev–Trinajstić information content (AvgIpc) is 2.97. The van der Waals surface area contributed by atoms with E-state index < -0.39 is 8.07 Å². The first kappa shape index (κ1) is 19.7. The molecule has 0 heterocycles. The normalized spacial score (nSPS) is 17.2. The Kier molecular flexibility index (Phi) is 5.43. The van der Waals surface area contributed by atoms with Gasteiger partial charge in [0.1, 0.15) is 8.07 Å². The number of allylic oxidation sites excluding steroid dienone is 4. The Bertz CT molecular complexity index is 1000. The standard InChI is InChI=1S/C28H30Si/c1-21-22(2)24(4)28(23(21)3)29(26-16-10-6-11-17-26,27-18-12-7-13-19-27)20-25-14-8-5-9-15-25/h5-19,23H,20H2,1-4H3. The minimum atomic E-state index is -2.23. The summed E-state index contributed by atoms with van der Waals surface area (Å²) in [4.78, 5) is 0. The summed E-state index contributed by atoms with van der Waals surface area (Å²) in [6, 6.07) is 34.8. The van der Waals surface area contributed by atoms with Crippen molar-refractivity contribution in [3.8, 4) is 0 Å². The summed E-state index contributed by atoms with van der Waals surface area (Å²) < 4.78 is 0. The zero-order valence-corrected chi connectivity index (χ0v) is 18.9. The van der Waals surface area contributed by atoms with Crippen LogP contribution in [0.25, 0.3) is 0 Å². The Morgan fingerprint density at radius 1 is 0.621 bits per heavy atom. The summed E-state index contributed by atoms with van der Waals surface area (Å²) in [5, 5.41) is 4.71. The highest BCUT2D eigenvalue weighted by Gasteiger charge is 2.46. The zero-order chi connectivity index (χ0) is 20.4. The van der Waals surface area contributed by atoms with Crippen molar-refractivity contribution in [3.05, 3.63) is 118 Å². The fraction of sp³-hybridized carbons (Fsp3) is 0.214. The van der Waals surface area contributed by atoms with Crippen molar-refractivity contribution in [2.45, 2.75) is 33.7 Å². The molecule has 146 valence electrons. The lowest BCUT2D eigenvalue weighted by Gasteiger charge is -2.38. The molecule has 1 aliphatic carbocycles. The molecule has 3 aromatic carbocycles. The summed E-state index contributed by atoms with van der Waals surface area (Å²) in [5.41, 5.74) is 5.98. The van der Waals surface area contributed by atoms with Crippen LogP contribution in [-0.2, 0) is 6.04 Å². The van der Waals surface area contributed by atoms with Crippen LogP contribution in [0.15, 0.2) is 113 Å². The molecule has 0 radical (unpaired) electrons. The summed E-state index contributed by atoms with van der Waals surface area (Å²) in [6.45, 7) is 9.42. The Morgan fingerprint density at radius 3 is 1.48 bits per heavy atom. The molecule has 1 aliphatic rings. The maximum Gasteiger partial charge on any atom is 0.149 e. The van der Waals surface area contributed by atoms with Crippen LogP contribution in [0, 0.1) is 5.92 Å². The van der Waals surface area contributed by atoms with Gasteiger partial charge in [0.15, 0.2) is 0 Å². The van der Waals surface area contributed by atoms with Gasteiger partial charge in [-0.2, -0.15) is 0 Å². The molecule has 0 nitrogen and oxygen atoms in total. The Hall–Kier alpha value is -2.64. The molecule has 29 heavy (non-hydrogen) atoms. The van der Waals surface area contributed by atoms with Gasteiger partial charge in [0.25, 0.3) is 0 Å².